The number of hydrogen-bond acceptors (Lipinski definition) is 2. The number of halogens is 3. The summed E-state index contributed by atoms with van der Waals surface area (Å²) in [5.74, 6) is 4.56. The maximum absolute atomic E-state index is 12.1. The average molecular weight is 383 g/mol. The summed E-state index contributed by atoms with van der Waals surface area (Å²) in [6.45, 7) is 4.18. The standard InChI is InChI=1S/C21H28F3NO2/c1-4-12-20(27-3,13-5-2)14-11-18-9-6-8-17(16-18)10-7-15-25-19(26)21(22,23)24/h6,8-9,16H,4-5,7,10,12-13,15H2,1-3H3,(H,25,26). The molecule has 0 radical (unpaired) electrons. The Bertz CT molecular complexity index is 653. The van der Waals surface area contributed by atoms with E-state index in [4.69, 9.17) is 4.74 Å². The lowest BCUT2D eigenvalue weighted by Crippen LogP contribution is -2.37. The fourth-order valence-electron chi connectivity index (χ4n) is 2.90. The largest absolute Gasteiger partial charge is 0.471 e. The topological polar surface area (TPSA) is 38.3 Å². The van der Waals surface area contributed by atoms with Crippen LogP contribution in [0.25, 0.3) is 0 Å². The first-order chi connectivity index (χ1) is 12.8. The normalized spacial score (nSPS) is 11.6. The van der Waals surface area contributed by atoms with Crippen LogP contribution in [0.2, 0.25) is 0 Å². The third kappa shape index (κ3) is 8.04. The van der Waals surface area contributed by atoms with Crippen molar-refractivity contribution in [1.82, 2.24) is 5.32 Å². The first-order valence-corrected chi connectivity index (χ1v) is 9.28. The van der Waals surface area contributed by atoms with Gasteiger partial charge in [-0.25, -0.2) is 0 Å². The van der Waals surface area contributed by atoms with Crippen LogP contribution in [0.1, 0.15) is 57.1 Å². The summed E-state index contributed by atoms with van der Waals surface area (Å²) in [4.78, 5) is 10.8. The molecule has 1 amide bonds. The van der Waals surface area contributed by atoms with E-state index < -0.39 is 17.7 Å². The SMILES string of the molecule is CCCC(C#Cc1cccc(CCCNC(=O)C(F)(F)F)c1)(CCC)OC. The van der Waals surface area contributed by atoms with Gasteiger partial charge in [0.2, 0.25) is 0 Å². The maximum atomic E-state index is 12.1. The fraction of sp³-hybridized carbons (Fsp3) is 0.571. The van der Waals surface area contributed by atoms with Crippen LogP contribution in [0.5, 0.6) is 0 Å². The number of alkyl halides is 3. The van der Waals surface area contributed by atoms with Crippen molar-refractivity contribution >= 4 is 5.91 Å². The highest BCUT2D eigenvalue weighted by molar-refractivity contribution is 5.81. The van der Waals surface area contributed by atoms with Crippen LogP contribution in [0.4, 0.5) is 13.2 Å². The van der Waals surface area contributed by atoms with Gasteiger partial charge in [-0.15, -0.1) is 0 Å². The van der Waals surface area contributed by atoms with Gasteiger partial charge in [0.25, 0.3) is 0 Å². The number of rotatable bonds is 9. The Morgan fingerprint density at radius 3 is 2.41 bits per heavy atom. The third-order valence-corrected chi connectivity index (χ3v) is 4.25. The molecule has 150 valence electrons. The quantitative estimate of drug-likeness (QED) is 0.499. The second-order valence-electron chi connectivity index (χ2n) is 6.51. The summed E-state index contributed by atoms with van der Waals surface area (Å²) in [5.41, 5.74) is 1.37. The van der Waals surface area contributed by atoms with Gasteiger partial charge in [0.05, 0.1) is 0 Å². The molecular formula is C21H28F3NO2. The first-order valence-electron chi connectivity index (χ1n) is 9.28. The molecule has 0 bridgehead atoms. The zero-order chi connectivity index (χ0) is 20.3. The molecule has 0 saturated carbocycles. The Kier molecular flexibility index (Phi) is 9.37. The summed E-state index contributed by atoms with van der Waals surface area (Å²) < 4.78 is 42.1. The van der Waals surface area contributed by atoms with Crippen LogP contribution < -0.4 is 5.32 Å². The van der Waals surface area contributed by atoms with Gasteiger partial charge in [-0.05, 0) is 43.4 Å². The number of carbonyl (C=O) groups excluding carboxylic acids is 1. The molecule has 6 heteroatoms. The summed E-state index contributed by atoms with van der Waals surface area (Å²) in [6.07, 6.45) is -0.163. The zero-order valence-electron chi connectivity index (χ0n) is 16.2. The molecule has 0 aliphatic heterocycles. The van der Waals surface area contributed by atoms with Crippen molar-refractivity contribution in [2.75, 3.05) is 13.7 Å². The summed E-state index contributed by atoms with van der Waals surface area (Å²) in [6, 6.07) is 7.61. The molecule has 1 rings (SSSR count). The molecule has 0 atom stereocenters. The second kappa shape index (κ2) is 11.0. The Morgan fingerprint density at radius 1 is 1.19 bits per heavy atom. The third-order valence-electron chi connectivity index (χ3n) is 4.25. The van der Waals surface area contributed by atoms with Gasteiger partial charge in [0, 0.05) is 19.2 Å². The van der Waals surface area contributed by atoms with Crippen molar-refractivity contribution in [1.29, 1.82) is 0 Å². The van der Waals surface area contributed by atoms with E-state index in [0.717, 1.165) is 36.8 Å². The van der Waals surface area contributed by atoms with Crippen molar-refractivity contribution in [2.24, 2.45) is 0 Å². The van der Waals surface area contributed by atoms with Crippen LogP contribution in [-0.4, -0.2) is 31.3 Å². The molecule has 1 aromatic rings. The number of methoxy groups -OCH3 is 1. The highest BCUT2D eigenvalue weighted by Crippen LogP contribution is 2.23. The molecule has 0 saturated heterocycles. The Labute approximate surface area is 159 Å². The predicted molar refractivity (Wildman–Crippen MR) is 100 cm³/mol. The smallest absolute Gasteiger partial charge is 0.366 e. The maximum Gasteiger partial charge on any atom is 0.471 e. The lowest BCUT2D eigenvalue weighted by molar-refractivity contribution is -0.173. The molecule has 1 aromatic carbocycles. The van der Waals surface area contributed by atoms with Crippen LogP contribution in [0.15, 0.2) is 24.3 Å². The van der Waals surface area contributed by atoms with Gasteiger partial charge >= 0.3 is 12.1 Å². The number of ether oxygens (including phenoxy) is 1. The molecule has 3 nitrogen and oxygen atoms in total. The molecule has 0 aliphatic rings. The summed E-state index contributed by atoms with van der Waals surface area (Å²) >= 11 is 0. The van der Waals surface area contributed by atoms with Crippen LogP contribution in [0, 0.1) is 11.8 Å². The van der Waals surface area contributed by atoms with Crippen molar-refractivity contribution in [2.45, 2.75) is 64.1 Å². The van der Waals surface area contributed by atoms with Crippen LogP contribution in [-0.2, 0) is 16.0 Å². The average Bonchev–Trinajstić information content (AvgIpc) is 2.63. The van der Waals surface area contributed by atoms with E-state index >= 15 is 0 Å². The first kappa shape index (κ1) is 23.0. The summed E-state index contributed by atoms with van der Waals surface area (Å²) in [7, 11) is 1.69. The number of carbonyl (C=O) groups is 1. The van der Waals surface area contributed by atoms with Crippen molar-refractivity contribution in [3.63, 3.8) is 0 Å². The highest BCUT2D eigenvalue weighted by Gasteiger charge is 2.38. The Hall–Kier alpha value is -2.00. The molecule has 27 heavy (non-hydrogen) atoms. The number of hydrogen-bond donors (Lipinski definition) is 1. The molecule has 0 aliphatic carbocycles. The van der Waals surface area contributed by atoms with Gasteiger partial charge in [0.15, 0.2) is 0 Å². The number of amides is 1. The van der Waals surface area contributed by atoms with Gasteiger partial charge in [0.1, 0.15) is 5.60 Å². The molecule has 0 heterocycles. The molecule has 0 aromatic heterocycles. The van der Waals surface area contributed by atoms with E-state index in [1.165, 1.54) is 0 Å². The fourth-order valence-corrected chi connectivity index (χ4v) is 2.90. The van der Waals surface area contributed by atoms with E-state index in [9.17, 15) is 18.0 Å². The minimum absolute atomic E-state index is 0.0198. The Morgan fingerprint density at radius 2 is 1.85 bits per heavy atom. The minimum atomic E-state index is -4.83. The van der Waals surface area contributed by atoms with E-state index in [1.807, 2.05) is 29.6 Å². The second-order valence-corrected chi connectivity index (χ2v) is 6.51. The van der Waals surface area contributed by atoms with Crippen molar-refractivity contribution < 1.29 is 22.7 Å². The number of nitrogens with one attached hydrogen (secondary N) is 1. The van der Waals surface area contributed by atoms with Crippen molar-refractivity contribution in [3.8, 4) is 11.8 Å². The predicted octanol–water partition coefficient (Wildman–Crippen LogP) is 4.63. The molecule has 0 fully saturated rings. The number of aryl methyl sites for hydroxylation is 1. The van der Waals surface area contributed by atoms with E-state index in [1.54, 1.807) is 7.11 Å². The van der Waals surface area contributed by atoms with Crippen LogP contribution >= 0.6 is 0 Å². The molecule has 0 unspecified atom stereocenters. The van der Waals surface area contributed by atoms with Crippen molar-refractivity contribution in [3.05, 3.63) is 35.4 Å². The summed E-state index contributed by atoms with van der Waals surface area (Å²) in [5, 5.41) is 1.88. The van der Waals surface area contributed by atoms with Gasteiger partial charge in [-0.3, -0.25) is 4.79 Å². The monoisotopic (exact) mass is 383 g/mol. The van der Waals surface area contributed by atoms with Gasteiger partial charge in [-0.1, -0.05) is 50.7 Å². The Balaban J connectivity index is 2.70. The minimum Gasteiger partial charge on any atom is -0.366 e. The molecule has 1 N–H and O–H groups in total. The molecular weight excluding hydrogens is 355 g/mol. The van der Waals surface area contributed by atoms with E-state index in [0.29, 0.717) is 12.8 Å². The van der Waals surface area contributed by atoms with E-state index in [-0.39, 0.29) is 6.54 Å². The molecule has 0 spiro atoms. The number of benzene rings is 1. The lowest BCUT2D eigenvalue weighted by atomic mass is 9.92. The lowest BCUT2D eigenvalue weighted by Gasteiger charge is -2.26. The zero-order valence-corrected chi connectivity index (χ0v) is 16.2. The highest BCUT2D eigenvalue weighted by atomic mass is 19.4. The van der Waals surface area contributed by atoms with Gasteiger partial charge < -0.3 is 10.1 Å². The van der Waals surface area contributed by atoms with Crippen LogP contribution in [0.3, 0.4) is 0 Å². The van der Waals surface area contributed by atoms with E-state index in [2.05, 4.69) is 25.7 Å². The van der Waals surface area contributed by atoms with Gasteiger partial charge in [-0.2, -0.15) is 13.2 Å².